The minimum atomic E-state index is -1.46. The SMILES string of the molecule is COC(=O)NN.COC(=O)NN.O.O.O=[N+]([O-])c1cc([N+](=O)[O-])c([O-])c([N+](=O)[O-])c1.O=[N+]([O-])c1cc([N+](=O)[O-])c([O-])c([N+](=O)[O-])c1.[Cu+2]. The second-order valence-corrected chi connectivity index (χ2v) is 6.44. The number of carbonyl (C=O) groups is 2. The Hall–Kier alpha value is -6.66. The predicted octanol–water partition coefficient (Wildman–Crippen LogP) is -2.25. The molecule has 0 aliphatic heterocycles. The number of nitro benzene ring substituents is 6. The molecule has 30 nitrogen and oxygen atoms in total. The largest absolute Gasteiger partial charge is 2.00 e. The smallest absolute Gasteiger partial charge is 0.863 e. The number of benzene rings is 2. The Balaban J connectivity index is -0.000000179. The van der Waals surface area contributed by atoms with Crippen LogP contribution in [-0.2, 0) is 26.5 Å². The molecule has 0 saturated heterocycles. The van der Waals surface area contributed by atoms with E-state index in [-0.39, 0.29) is 28.0 Å². The van der Waals surface area contributed by atoms with Crippen molar-refractivity contribution in [1.29, 1.82) is 0 Å². The molecule has 0 aliphatic rings. The zero-order valence-electron chi connectivity index (χ0n) is 22.8. The van der Waals surface area contributed by atoms with Crippen LogP contribution in [0.15, 0.2) is 24.3 Å². The van der Waals surface area contributed by atoms with E-state index in [2.05, 4.69) is 21.2 Å². The summed E-state index contributed by atoms with van der Waals surface area (Å²) < 4.78 is 8.05. The number of non-ortho nitro benzene ring substituents is 2. The Kier molecular flexibility index (Phi) is 25.3. The Morgan fingerprint density at radius 1 is 0.553 bits per heavy atom. The van der Waals surface area contributed by atoms with Gasteiger partial charge in [-0.05, 0) is 0 Å². The van der Waals surface area contributed by atoms with Crippen LogP contribution < -0.4 is 32.7 Å². The summed E-state index contributed by atoms with van der Waals surface area (Å²) in [5.41, 5.74) is -3.02. The Morgan fingerprint density at radius 3 is 0.830 bits per heavy atom. The van der Waals surface area contributed by atoms with E-state index in [0.717, 1.165) is 0 Å². The van der Waals surface area contributed by atoms with E-state index in [1.165, 1.54) is 14.2 Å². The summed E-state index contributed by atoms with van der Waals surface area (Å²) in [7, 11) is 2.48. The summed E-state index contributed by atoms with van der Waals surface area (Å²) in [6.45, 7) is 0. The molecule has 0 fully saturated rings. The molecule has 0 unspecified atom stereocenters. The molecule has 0 aromatic heterocycles. The topological polar surface area (TPSA) is 497 Å². The van der Waals surface area contributed by atoms with E-state index in [0.29, 0.717) is 24.3 Å². The van der Waals surface area contributed by atoms with Gasteiger partial charge in [0.25, 0.3) is 34.1 Å². The Labute approximate surface area is 266 Å². The zero-order valence-corrected chi connectivity index (χ0v) is 23.7. The second-order valence-electron chi connectivity index (χ2n) is 6.44. The molecule has 0 bridgehead atoms. The van der Waals surface area contributed by atoms with Gasteiger partial charge in [0.05, 0.1) is 79.5 Å². The van der Waals surface area contributed by atoms with Gasteiger partial charge in [-0.25, -0.2) is 21.3 Å². The number of carbonyl (C=O) groups excluding carboxylic acids is 2. The number of hydrogen-bond donors (Lipinski definition) is 4. The summed E-state index contributed by atoms with van der Waals surface area (Å²) in [6.07, 6.45) is -1.26. The van der Waals surface area contributed by atoms with Crippen molar-refractivity contribution >= 4 is 46.3 Å². The predicted molar refractivity (Wildman–Crippen MR) is 138 cm³/mol. The van der Waals surface area contributed by atoms with Gasteiger partial charge in [-0.1, -0.05) is 0 Å². The van der Waals surface area contributed by atoms with Crippen molar-refractivity contribution in [2.75, 3.05) is 14.2 Å². The minimum Gasteiger partial charge on any atom is -0.863 e. The molecule has 1 radical (unpaired) electrons. The van der Waals surface area contributed by atoms with Crippen LogP contribution >= 0.6 is 0 Å². The fourth-order valence-electron chi connectivity index (χ4n) is 2.04. The molecule has 31 heteroatoms. The number of nitrogens with one attached hydrogen (secondary N) is 2. The quantitative estimate of drug-likeness (QED) is 0.0799. The van der Waals surface area contributed by atoms with Crippen molar-refractivity contribution in [3.63, 3.8) is 0 Å². The third-order valence-electron chi connectivity index (χ3n) is 3.88. The molecule has 0 atom stereocenters. The number of amides is 2. The van der Waals surface area contributed by atoms with Gasteiger partial charge in [-0.2, -0.15) is 0 Å². The average molecular weight is 736 g/mol. The maximum Gasteiger partial charge on any atom is 2.00 e. The number of rotatable bonds is 6. The first-order chi connectivity index (χ1) is 20.3. The Morgan fingerprint density at radius 2 is 0.745 bits per heavy atom. The van der Waals surface area contributed by atoms with Gasteiger partial charge >= 0.3 is 29.3 Å². The number of ether oxygens (including phenoxy) is 2. The third-order valence-corrected chi connectivity index (χ3v) is 3.88. The molecular weight excluding hydrogens is 716 g/mol. The summed E-state index contributed by atoms with van der Waals surface area (Å²) in [6, 6.07) is 1.54. The summed E-state index contributed by atoms with van der Waals surface area (Å²) in [5.74, 6) is 6.20. The molecule has 2 amide bonds. The van der Waals surface area contributed by atoms with Crippen LogP contribution in [-0.4, -0.2) is 66.9 Å². The molecule has 10 N–H and O–H groups in total. The average Bonchev–Trinajstić information content (AvgIpc) is 2.96. The molecule has 2 aromatic carbocycles. The third kappa shape index (κ3) is 16.7. The number of nitrogens with zero attached hydrogens (tertiary/aromatic N) is 6. The van der Waals surface area contributed by atoms with Gasteiger partial charge in [0, 0.05) is 0 Å². The normalized spacial score (nSPS) is 8.43. The standard InChI is InChI=1S/2C6H3N3O7.2C2H6N2O2.Cu.2H2O/c2*10-6-4(8(13)14)1-3(7(11)12)2-5(6)9(15)16;2*1-6-2(5)4-3;;;/h2*1-2,10H;2*3H2,1H3,(H,4,5);;2*1H2/q;;;;+2;;/p-2. The van der Waals surface area contributed by atoms with Gasteiger partial charge in [0.1, 0.15) is 0 Å². The van der Waals surface area contributed by atoms with Gasteiger partial charge in [0.15, 0.2) is 0 Å². The van der Waals surface area contributed by atoms with Gasteiger partial charge in [-0.15, -0.1) is 0 Å². The van der Waals surface area contributed by atoms with Crippen LogP contribution in [0.4, 0.5) is 43.7 Å². The molecule has 0 spiro atoms. The van der Waals surface area contributed by atoms with E-state index in [1.807, 2.05) is 0 Å². The number of nitrogens with two attached hydrogens (primary N) is 2. The van der Waals surface area contributed by atoms with Crippen LogP contribution in [0, 0.1) is 60.7 Å². The van der Waals surface area contributed by atoms with E-state index >= 15 is 0 Å². The van der Waals surface area contributed by atoms with E-state index in [1.54, 1.807) is 10.9 Å². The van der Waals surface area contributed by atoms with Crippen LogP contribution in [0.5, 0.6) is 11.5 Å². The maximum atomic E-state index is 11.1. The van der Waals surface area contributed by atoms with Crippen LogP contribution in [0.2, 0.25) is 0 Å². The number of nitro groups is 6. The van der Waals surface area contributed by atoms with E-state index in [9.17, 15) is 80.5 Å². The van der Waals surface area contributed by atoms with E-state index < -0.39 is 87.3 Å². The van der Waals surface area contributed by atoms with Gasteiger partial charge < -0.3 is 30.6 Å². The van der Waals surface area contributed by atoms with Crippen LogP contribution in [0.1, 0.15) is 0 Å². The molecule has 0 saturated carbocycles. The molecule has 47 heavy (non-hydrogen) atoms. The molecule has 265 valence electrons. The van der Waals surface area contributed by atoms with Gasteiger partial charge in [0.2, 0.25) is 0 Å². The summed E-state index contributed by atoms with van der Waals surface area (Å²) in [5, 5.41) is 84.2. The van der Waals surface area contributed by atoms with Crippen molar-refractivity contribution in [2.45, 2.75) is 0 Å². The Bertz CT molecular complexity index is 1270. The first kappa shape index (κ1) is 50.0. The minimum absolute atomic E-state index is 0. The zero-order chi connectivity index (χ0) is 34.9. The summed E-state index contributed by atoms with van der Waals surface area (Å²) in [4.78, 5) is 74.5. The number of hydrogen-bond acceptors (Lipinski definition) is 20. The fourth-order valence-corrected chi connectivity index (χ4v) is 2.04. The first-order valence-electron chi connectivity index (χ1n) is 9.96. The van der Waals surface area contributed by atoms with Crippen LogP contribution in [0.25, 0.3) is 0 Å². The van der Waals surface area contributed by atoms with Crippen LogP contribution in [0.3, 0.4) is 0 Å². The molecule has 2 rings (SSSR count). The molecule has 0 heterocycles. The summed E-state index contributed by atoms with van der Waals surface area (Å²) >= 11 is 0. The maximum absolute atomic E-state index is 11.1. The number of methoxy groups -OCH3 is 2. The molecular formula is C16H20CuN10O20. The second kappa shape index (κ2) is 23.8. The van der Waals surface area contributed by atoms with Crippen molar-refractivity contribution in [2.24, 2.45) is 11.7 Å². The van der Waals surface area contributed by atoms with Crippen molar-refractivity contribution in [3.05, 3.63) is 85.0 Å². The van der Waals surface area contributed by atoms with Gasteiger partial charge in [-0.3, -0.25) is 71.5 Å². The van der Waals surface area contributed by atoms with Crippen molar-refractivity contribution in [3.8, 4) is 11.5 Å². The van der Waals surface area contributed by atoms with Crippen molar-refractivity contribution < 1.29 is 86.8 Å². The number of hydrazine groups is 2. The fraction of sp³-hybridized carbons (Fsp3) is 0.125. The molecule has 0 aliphatic carbocycles. The molecule has 2 aromatic rings. The van der Waals surface area contributed by atoms with E-state index in [4.69, 9.17) is 0 Å². The van der Waals surface area contributed by atoms with Crippen molar-refractivity contribution in [1.82, 2.24) is 10.9 Å². The first-order valence-corrected chi connectivity index (χ1v) is 9.96. The monoisotopic (exact) mass is 735 g/mol.